The highest BCUT2D eigenvalue weighted by molar-refractivity contribution is 5.96. The van der Waals surface area contributed by atoms with E-state index in [0.717, 1.165) is 22.5 Å². The predicted molar refractivity (Wildman–Crippen MR) is 118 cm³/mol. The summed E-state index contributed by atoms with van der Waals surface area (Å²) < 4.78 is 11.6. The first-order valence-electron chi connectivity index (χ1n) is 10.3. The summed E-state index contributed by atoms with van der Waals surface area (Å²) in [6.07, 6.45) is 0. The first-order valence-corrected chi connectivity index (χ1v) is 10.3. The fourth-order valence-corrected chi connectivity index (χ4v) is 3.73. The van der Waals surface area contributed by atoms with E-state index >= 15 is 0 Å². The Bertz CT molecular complexity index is 1180. The summed E-state index contributed by atoms with van der Waals surface area (Å²) in [6, 6.07) is 20.9. The minimum absolute atomic E-state index is 0.0807. The highest BCUT2D eigenvalue weighted by Crippen LogP contribution is 2.25. The number of hydrogen-bond donors (Lipinski definition) is 0. The van der Waals surface area contributed by atoms with Crippen molar-refractivity contribution in [1.29, 1.82) is 0 Å². The van der Waals surface area contributed by atoms with Crippen molar-refractivity contribution in [2.24, 2.45) is 0 Å². The number of aromatic nitrogens is 2. The molecule has 3 heterocycles. The van der Waals surface area contributed by atoms with Crippen LogP contribution in [0, 0.1) is 6.92 Å². The van der Waals surface area contributed by atoms with Crippen LogP contribution in [0.5, 0.6) is 11.6 Å². The van der Waals surface area contributed by atoms with Crippen LogP contribution in [0.15, 0.2) is 71.1 Å². The molecule has 31 heavy (non-hydrogen) atoms. The second-order valence-corrected chi connectivity index (χ2v) is 7.45. The van der Waals surface area contributed by atoms with E-state index in [4.69, 9.17) is 9.15 Å². The lowest BCUT2D eigenvalue weighted by Gasteiger charge is -2.35. The molecule has 5 rings (SSSR count). The quantitative estimate of drug-likeness (QED) is 0.496. The maximum atomic E-state index is 12.9. The van der Waals surface area contributed by atoms with Crippen LogP contribution in [0.2, 0.25) is 0 Å². The standard InChI is InChI=1S/C24H22N4O3/c1-17-25-22(16-23(26-17)30-19-8-3-2-4-9-19)27-11-13-28(14-12-27)24(29)21-15-18-7-5-6-10-20(18)31-21/h2-10,15-16H,11-14H2,1H3. The lowest BCUT2D eigenvalue weighted by atomic mass is 10.2. The highest BCUT2D eigenvalue weighted by atomic mass is 16.5. The van der Waals surface area contributed by atoms with Crippen LogP contribution in [0.4, 0.5) is 5.82 Å². The van der Waals surface area contributed by atoms with Crippen LogP contribution in [0.1, 0.15) is 16.4 Å². The van der Waals surface area contributed by atoms with Gasteiger partial charge in [-0.25, -0.2) is 4.98 Å². The molecule has 0 saturated carbocycles. The molecule has 1 aliphatic rings. The zero-order valence-electron chi connectivity index (χ0n) is 17.2. The van der Waals surface area contributed by atoms with E-state index in [0.29, 0.717) is 43.6 Å². The molecule has 1 saturated heterocycles. The molecule has 156 valence electrons. The topological polar surface area (TPSA) is 71.7 Å². The first kappa shape index (κ1) is 19.1. The van der Waals surface area contributed by atoms with Crippen molar-refractivity contribution in [1.82, 2.24) is 14.9 Å². The fourth-order valence-electron chi connectivity index (χ4n) is 3.73. The average molecular weight is 414 g/mol. The number of nitrogens with zero attached hydrogens (tertiary/aromatic N) is 4. The number of para-hydroxylation sites is 2. The Labute approximate surface area is 179 Å². The van der Waals surface area contributed by atoms with Crippen LogP contribution in [-0.4, -0.2) is 47.0 Å². The third-order valence-corrected chi connectivity index (χ3v) is 5.29. The van der Waals surface area contributed by atoms with Crippen LogP contribution in [0.25, 0.3) is 11.0 Å². The van der Waals surface area contributed by atoms with Gasteiger partial charge in [0.25, 0.3) is 5.91 Å². The Kier molecular flexibility index (Phi) is 5.00. The summed E-state index contributed by atoms with van der Waals surface area (Å²) in [5.41, 5.74) is 0.729. The Morgan fingerprint density at radius 1 is 0.935 bits per heavy atom. The summed E-state index contributed by atoms with van der Waals surface area (Å²) in [7, 11) is 0. The summed E-state index contributed by atoms with van der Waals surface area (Å²) in [5.74, 6) is 2.98. The molecule has 0 spiro atoms. The number of carbonyl (C=O) groups excluding carboxylic acids is 1. The number of ether oxygens (including phenoxy) is 1. The minimum atomic E-state index is -0.0807. The smallest absolute Gasteiger partial charge is 0.289 e. The van der Waals surface area contributed by atoms with Gasteiger partial charge in [0.1, 0.15) is 23.0 Å². The van der Waals surface area contributed by atoms with E-state index in [9.17, 15) is 4.79 Å². The summed E-state index contributed by atoms with van der Waals surface area (Å²) >= 11 is 0. The number of benzene rings is 2. The minimum Gasteiger partial charge on any atom is -0.451 e. The average Bonchev–Trinajstić information content (AvgIpc) is 3.23. The lowest BCUT2D eigenvalue weighted by Crippen LogP contribution is -2.49. The van der Waals surface area contributed by atoms with Gasteiger partial charge >= 0.3 is 0 Å². The molecule has 0 bridgehead atoms. The second-order valence-electron chi connectivity index (χ2n) is 7.45. The van der Waals surface area contributed by atoms with Crippen LogP contribution >= 0.6 is 0 Å². The molecule has 0 unspecified atom stereocenters. The van der Waals surface area contributed by atoms with Gasteiger partial charge in [-0.2, -0.15) is 4.98 Å². The lowest BCUT2D eigenvalue weighted by molar-refractivity contribution is 0.0717. The highest BCUT2D eigenvalue weighted by Gasteiger charge is 2.25. The number of rotatable bonds is 4. The normalized spacial score (nSPS) is 14.1. The number of anilines is 1. The number of hydrogen-bond acceptors (Lipinski definition) is 6. The number of fused-ring (bicyclic) bond motifs is 1. The molecule has 4 aromatic rings. The summed E-state index contributed by atoms with van der Waals surface area (Å²) in [4.78, 5) is 25.8. The molecule has 0 radical (unpaired) electrons. The number of carbonyl (C=O) groups is 1. The Morgan fingerprint density at radius 2 is 1.68 bits per heavy atom. The Hall–Kier alpha value is -3.87. The van der Waals surface area contributed by atoms with Crippen molar-refractivity contribution in [3.63, 3.8) is 0 Å². The van der Waals surface area contributed by atoms with Gasteiger partial charge in [-0.05, 0) is 31.2 Å². The van der Waals surface area contributed by atoms with Crippen LogP contribution in [0.3, 0.4) is 0 Å². The van der Waals surface area contributed by atoms with Gasteiger partial charge in [-0.1, -0.05) is 36.4 Å². The number of piperazine rings is 1. The SMILES string of the molecule is Cc1nc(Oc2ccccc2)cc(N2CCN(C(=O)c3cc4ccccc4o3)CC2)n1. The van der Waals surface area contributed by atoms with E-state index in [1.807, 2.05) is 78.6 Å². The van der Waals surface area contributed by atoms with Gasteiger partial charge in [-0.3, -0.25) is 4.79 Å². The molecule has 7 heteroatoms. The molecule has 0 atom stereocenters. The molecule has 7 nitrogen and oxygen atoms in total. The number of furan rings is 1. The predicted octanol–water partition coefficient (Wildman–Crippen LogP) is 4.29. The molecular formula is C24H22N4O3. The monoisotopic (exact) mass is 414 g/mol. The Morgan fingerprint density at radius 3 is 2.45 bits per heavy atom. The van der Waals surface area contributed by atoms with Gasteiger partial charge in [0.15, 0.2) is 5.76 Å². The van der Waals surface area contributed by atoms with Crippen molar-refractivity contribution < 1.29 is 13.9 Å². The third-order valence-electron chi connectivity index (χ3n) is 5.29. The van der Waals surface area contributed by atoms with Gasteiger partial charge in [0.2, 0.25) is 5.88 Å². The molecule has 0 N–H and O–H groups in total. The van der Waals surface area contributed by atoms with Gasteiger partial charge in [0, 0.05) is 37.6 Å². The van der Waals surface area contributed by atoms with Crippen molar-refractivity contribution in [3.8, 4) is 11.6 Å². The fraction of sp³-hybridized carbons (Fsp3) is 0.208. The second kappa shape index (κ2) is 8.10. The number of aryl methyl sites for hydroxylation is 1. The van der Waals surface area contributed by atoms with Crippen molar-refractivity contribution >= 4 is 22.7 Å². The van der Waals surface area contributed by atoms with Crippen molar-refractivity contribution in [3.05, 3.63) is 78.3 Å². The molecule has 2 aromatic carbocycles. The summed E-state index contributed by atoms with van der Waals surface area (Å²) in [5, 5.41) is 0.937. The van der Waals surface area contributed by atoms with E-state index in [-0.39, 0.29) is 5.91 Å². The third kappa shape index (κ3) is 4.07. The number of amides is 1. The largest absolute Gasteiger partial charge is 0.451 e. The molecule has 0 aliphatic carbocycles. The maximum absolute atomic E-state index is 12.9. The van der Waals surface area contributed by atoms with Crippen LogP contribution < -0.4 is 9.64 Å². The molecule has 1 amide bonds. The van der Waals surface area contributed by atoms with E-state index in [1.54, 1.807) is 0 Å². The Balaban J connectivity index is 1.27. The summed E-state index contributed by atoms with van der Waals surface area (Å²) in [6.45, 7) is 4.38. The molecule has 1 fully saturated rings. The van der Waals surface area contributed by atoms with Gasteiger partial charge in [0.05, 0.1) is 0 Å². The maximum Gasteiger partial charge on any atom is 0.289 e. The van der Waals surface area contributed by atoms with E-state index < -0.39 is 0 Å². The zero-order chi connectivity index (χ0) is 21.2. The molecule has 1 aliphatic heterocycles. The van der Waals surface area contributed by atoms with Crippen LogP contribution in [-0.2, 0) is 0 Å². The molecular weight excluding hydrogens is 392 g/mol. The van der Waals surface area contributed by atoms with E-state index in [1.165, 1.54) is 0 Å². The van der Waals surface area contributed by atoms with E-state index in [2.05, 4.69) is 14.9 Å². The first-order chi connectivity index (χ1) is 15.2. The zero-order valence-corrected chi connectivity index (χ0v) is 17.2. The van der Waals surface area contributed by atoms with Crippen molar-refractivity contribution in [2.75, 3.05) is 31.1 Å². The molecule has 2 aromatic heterocycles. The van der Waals surface area contributed by atoms with Gasteiger partial charge < -0.3 is 19.0 Å². The van der Waals surface area contributed by atoms with Crippen molar-refractivity contribution in [2.45, 2.75) is 6.92 Å². The van der Waals surface area contributed by atoms with Gasteiger partial charge in [-0.15, -0.1) is 0 Å².